The highest BCUT2D eigenvalue weighted by Crippen LogP contribution is 2.14. The Kier molecular flexibility index (Phi) is 6.40. The molecular weight excluding hydrogens is 278 g/mol. The molecule has 2 amide bonds. The van der Waals surface area contributed by atoms with Gasteiger partial charge in [-0.15, -0.1) is 0 Å². The molecule has 1 aromatic carbocycles. The molecule has 0 saturated carbocycles. The monoisotopic (exact) mass is 303 g/mol. The van der Waals surface area contributed by atoms with E-state index in [0.717, 1.165) is 30.9 Å². The molecule has 0 aromatic heterocycles. The summed E-state index contributed by atoms with van der Waals surface area (Å²) in [4.78, 5) is 25.7. The van der Waals surface area contributed by atoms with Crippen LogP contribution in [-0.4, -0.2) is 36.3 Å². The Morgan fingerprint density at radius 3 is 2.05 bits per heavy atom. The van der Waals surface area contributed by atoms with Gasteiger partial charge in [0.1, 0.15) is 0 Å². The molecule has 2 N–H and O–H groups in total. The van der Waals surface area contributed by atoms with Gasteiger partial charge in [-0.05, 0) is 56.6 Å². The summed E-state index contributed by atoms with van der Waals surface area (Å²) in [5.74, 6) is 0.0362. The molecule has 120 valence electrons. The van der Waals surface area contributed by atoms with Gasteiger partial charge in [0.2, 0.25) is 11.8 Å². The molecule has 5 heteroatoms. The first-order chi connectivity index (χ1) is 10.7. The van der Waals surface area contributed by atoms with Gasteiger partial charge >= 0.3 is 0 Å². The van der Waals surface area contributed by atoms with Crippen LogP contribution in [0.4, 0.5) is 11.4 Å². The lowest BCUT2D eigenvalue weighted by Crippen LogP contribution is -2.36. The van der Waals surface area contributed by atoms with Crippen LogP contribution in [0.15, 0.2) is 24.3 Å². The van der Waals surface area contributed by atoms with E-state index in [0.29, 0.717) is 13.0 Å². The average molecular weight is 303 g/mol. The molecule has 1 saturated heterocycles. The lowest BCUT2D eigenvalue weighted by Gasteiger charge is -2.25. The zero-order valence-corrected chi connectivity index (χ0v) is 13.2. The predicted molar refractivity (Wildman–Crippen MR) is 88.9 cm³/mol. The van der Waals surface area contributed by atoms with Gasteiger partial charge in [0.15, 0.2) is 0 Å². The lowest BCUT2D eigenvalue weighted by atomic mass is 10.1. The zero-order valence-electron chi connectivity index (χ0n) is 13.2. The van der Waals surface area contributed by atoms with Crippen molar-refractivity contribution in [1.29, 1.82) is 0 Å². The van der Waals surface area contributed by atoms with E-state index in [1.807, 2.05) is 31.2 Å². The largest absolute Gasteiger partial charge is 0.326 e. The van der Waals surface area contributed by atoms with Gasteiger partial charge in [0.25, 0.3) is 0 Å². The van der Waals surface area contributed by atoms with Crippen LogP contribution in [-0.2, 0) is 9.59 Å². The number of piperidine rings is 1. The van der Waals surface area contributed by atoms with Gasteiger partial charge in [-0.2, -0.15) is 0 Å². The SMILES string of the molecule is CCCC(=O)Nc1ccc(NC(=O)CN2CCCCC2)cc1. The summed E-state index contributed by atoms with van der Waals surface area (Å²) < 4.78 is 0. The van der Waals surface area contributed by atoms with Gasteiger partial charge in [0, 0.05) is 17.8 Å². The van der Waals surface area contributed by atoms with Crippen molar-refractivity contribution >= 4 is 23.2 Å². The molecule has 1 aromatic rings. The number of nitrogens with one attached hydrogen (secondary N) is 2. The third kappa shape index (κ3) is 5.48. The maximum absolute atomic E-state index is 12.0. The highest BCUT2D eigenvalue weighted by molar-refractivity contribution is 5.93. The number of nitrogens with zero attached hydrogens (tertiary/aromatic N) is 1. The quantitative estimate of drug-likeness (QED) is 0.849. The third-order valence-corrected chi connectivity index (χ3v) is 3.75. The van der Waals surface area contributed by atoms with Gasteiger partial charge in [-0.25, -0.2) is 0 Å². The molecule has 0 aliphatic carbocycles. The van der Waals surface area contributed by atoms with Gasteiger partial charge in [0.05, 0.1) is 6.54 Å². The van der Waals surface area contributed by atoms with Crippen LogP contribution in [0.1, 0.15) is 39.0 Å². The molecule has 2 rings (SSSR count). The summed E-state index contributed by atoms with van der Waals surface area (Å²) in [6, 6.07) is 7.25. The van der Waals surface area contributed by atoms with E-state index in [2.05, 4.69) is 15.5 Å². The summed E-state index contributed by atoms with van der Waals surface area (Å²) >= 11 is 0. The van der Waals surface area contributed by atoms with Crippen LogP contribution in [0.3, 0.4) is 0 Å². The number of amides is 2. The summed E-state index contributed by atoms with van der Waals surface area (Å²) in [7, 11) is 0. The summed E-state index contributed by atoms with van der Waals surface area (Å²) in [5, 5.41) is 5.73. The van der Waals surface area contributed by atoms with Crippen molar-refractivity contribution in [3.63, 3.8) is 0 Å². The minimum Gasteiger partial charge on any atom is -0.326 e. The van der Waals surface area contributed by atoms with Crippen LogP contribution in [0.2, 0.25) is 0 Å². The molecule has 1 fully saturated rings. The fraction of sp³-hybridized carbons (Fsp3) is 0.529. The first-order valence-corrected chi connectivity index (χ1v) is 8.09. The number of anilines is 2. The number of carbonyl (C=O) groups is 2. The molecule has 0 unspecified atom stereocenters. The second-order valence-electron chi connectivity index (χ2n) is 5.76. The molecule has 1 aliphatic heterocycles. The normalized spacial score (nSPS) is 15.3. The minimum atomic E-state index is 0.0179. The van der Waals surface area contributed by atoms with Crippen LogP contribution in [0.25, 0.3) is 0 Å². The first kappa shape index (κ1) is 16.5. The molecule has 5 nitrogen and oxygen atoms in total. The van der Waals surface area contributed by atoms with Crippen LogP contribution >= 0.6 is 0 Å². The van der Waals surface area contributed by atoms with Gasteiger partial charge in [-0.1, -0.05) is 13.3 Å². The molecule has 0 atom stereocenters. The lowest BCUT2D eigenvalue weighted by molar-refractivity contribution is -0.117. The first-order valence-electron chi connectivity index (χ1n) is 8.09. The Labute approximate surface area is 132 Å². The van der Waals surface area contributed by atoms with E-state index in [1.165, 1.54) is 19.3 Å². The highest BCUT2D eigenvalue weighted by atomic mass is 16.2. The summed E-state index contributed by atoms with van der Waals surface area (Å²) in [6.45, 7) is 4.45. The Bertz CT molecular complexity index is 493. The van der Waals surface area contributed by atoms with E-state index in [4.69, 9.17) is 0 Å². The Balaban J connectivity index is 1.80. The maximum Gasteiger partial charge on any atom is 0.238 e. The topological polar surface area (TPSA) is 61.4 Å². The Hall–Kier alpha value is -1.88. The predicted octanol–water partition coefficient (Wildman–Crippen LogP) is 2.85. The van der Waals surface area contributed by atoms with E-state index in [1.54, 1.807) is 0 Å². The fourth-order valence-electron chi connectivity index (χ4n) is 2.61. The van der Waals surface area contributed by atoms with Crippen LogP contribution < -0.4 is 10.6 Å². The zero-order chi connectivity index (χ0) is 15.8. The molecular formula is C17H25N3O2. The van der Waals surface area contributed by atoms with Crippen molar-refractivity contribution in [2.75, 3.05) is 30.3 Å². The number of hydrogen-bond donors (Lipinski definition) is 2. The molecule has 0 radical (unpaired) electrons. The van der Waals surface area contributed by atoms with Gasteiger partial charge in [-0.3, -0.25) is 14.5 Å². The van der Waals surface area contributed by atoms with Crippen molar-refractivity contribution in [2.24, 2.45) is 0 Å². The van der Waals surface area contributed by atoms with E-state index in [9.17, 15) is 9.59 Å². The molecule has 1 heterocycles. The van der Waals surface area contributed by atoms with Crippen LogP contribution in [0, 0.1) is 0 Å². The smallest absolute Gasteiger partial charge is 0.238 e. The van der Waals surface area contributed by atoms with Crippen LogP contribution in [0.5, 0.6) is 0 Å². The van der Waals surface area contributed by atoms with Crippen molar-refractivity contribution in [3.05, 3.63) is 24.3 Å². The standard InChI is InChI=1S/C17H25N3O2/c1-2-6-16(21)18-14-7-9-15(10-8-14)19-17(22)13-20-11-4-3-5-12-20/h7-10H,2-6,11-13H2,1H3,(H,18,21)(H,19,22). The fourth-order valence-corrected chi connectivity index (χ4v) is 2.61. The molecule has 0 spiro atoms. The summed E-state index contributed by atoms with van der Waals surface area (Å²) in [5.41, 5.74) is 1.52. The van der Waals surface area contributed by atoms with Crippen molar-refractivity contribution in [1.82, 2.24) is 4.90 Å². The van der Waals surface area contributed by atoms with Gasteiger partial charge < -0.3 is 10.6 Å². The minimum absolute atomic E-state index is 0.0179. The maximum atomic E-state index is 12.0. The summed E-state index contributed by atoms with van der Waals surface area (Å²) in [6.07, 6.45) is 4.98. The van der Waals surface area contributed by atoms with Crippen molar-refractivity contribution in [2.45, 2.75) is 39.0 Å². The second-order valence-corrected chi connectivity index (χ2v) is 5.76. The Morgan fingerprint density at radius 1 is 0.955 bits per heavy atom. The van der Waals surface area contributed by atoms with Crippen molar-refractivity contribution in [3.8, 4) is 0 Å². The highest BCUT2D eigenvalue weighted by Gasteiger charge is 2.13. The number of rotatable bonds is 6. The molecule has 1 aliphatic rings. The number of hydrogen-bond acceptors (Lipinski definition) is 3. The molecule has 0 bridgehead atoms. The second kappa shape index (κ2) is 8.54. The van der Waals surface area contributed by atoms with Crippen molar-refractivity contribution < 1.29 is 9.59 Å². The van der Waals surface area contributed by atoms with E-state index >= 15 is 0 Å². The van der Waals surface area contributed by atoms with E-state index in [-0.39, 0.29) is 11.8 Å². The molecule has 22 heavy (non-hydrogen) atoms. The number of likely N-dealkylation sites (tertiary alicyclic amines) is 1. The van der Waals surface area contributed by atoms with E-state index < -0.39 is 0 Å². The third-order valence-electron chi connectivity index (χ3n) is 3.75. The average Bonchev–Trinajstić information content (AvgIpc) is 2.50. The Morgan fingerprint density at radius 2 is 1.50 bits per heavy atom. The number of carbonyl (C=O) groups excluding carboxylic acids is 2. The number of benzene rings is 1.